The van der Waals surface area contributed by atoms with Gasteiger partial charge in [-0.1, -0.05) is 6.92 Å². The maximum atomic E-state index is 12.8. The molecule has 0 fully saturated rings. The number of alkyl halides is 3. The highest BCUT2D eigenvalue weighted by Crippen LogP contribution is 2.35. The van der Waals surface area contributed by atoms with Gasteiger partial charge < -0.3 is 11.1 Å². The average Bonchev–Trinajstić information content (AvgIpc) is 2.36. The Kier molecular flexibility index (Phi) is 4.51. The molecule has 0 aromatic heterocycles. The van der Waals surface area contributed by atoms with Gasteiger partial charge in [-0.05, 0) is 24.6 Å². The van der Waals surface area contributed by atoms with Gasteiger partial charge in [0.2, 0.25) is 5.91 Å². The van der Waals surface area contributed by atoms with E-state index in [1.54, 1.807) is 13.0 Å². The fourth-order valence-corrected chi connectivity index (χ4v) is 1.37. The van der Waals surface area contributed by atoms with Crippen LogP contribution in [0, 0.1) is 11.3 Å². The molecule has 1 atom stereocenters. The number of nitriles is 1. The molecule has 0 heterocycles. The van der Waals surface area contributed by atoms with Gasteiger partial charge in [-0.3, -0.25) is 4.79 Å². The van der Waals surface area contributed by atoms with Crippen molar-refractivity contribution < 1.29 is 18.0 Å². The van der Waals surface area contributed by atoms with Crippen LogP contribution in [0.1, 0.15) is 24.5 Å². The number of carbonyl (C=O) groups is 1. The molecule has 0 saturated heterocycles. The third-order valence-electron chi connectivity index (χ3n) is 2.49. The molecule has 0 radical (unpaired) electrons. The highest BCUT2D eigenvalue weighted by Gasteiger charge is 2.34. The van der Waals surface area contributed by atoms with Crippen molar-refractivity contribution in [2.45, 2.75) is 25.6 Å². The summed E-state index contributed by atoms with van der Waals surface area (Å²) in [7, 11) is 0. The predicted molar refractivity (Wildman–Crippen MR) is 63.1 cm³/mol. The van der Waals surface area contributed by atoms with Crippen molar-refractivity contribution in [2.24, 2.45) is 5.73 Å². The zero-order valence-corrected chi connectivity index (χ0v) is 10.1. The largest absolute Gasteiger partial charge is 0.418 e. The lowest BCUT2D eigenvalue weighted by atomic mass is 10.1. The maximum Gasteiger partial charge on any atom is 0.418 e. The normalized spacial score (nSPS) is 12.6. The Labute approximate surface area is 108 Å². The van der Waals surface area contributed by atoms with Crippen LogP contribution in [0.2, 0.25) is 0 Å². The number of rotatable bonds is 3. The predicted octanol–water partition coefficient (Wildman–Crippen LogP) is 2.25. The van der Waals surface area contributed by atoms with Gasteiger partial charge in [0.25, 0.3) is 0 Å². The van der Waals surface area contributed by atoms with Crippen molar-refractivity contribution in [2.75, 3.05) is 5.32 Å². The molecule has 0 spiro atoms. The number of nitrogens with two attached hydrogens (primary N) is 1. The van der Waals surface area contributed by atoms with Crippen LogP contribution in [0.25, 0.3) is 0 Å². The standard InChI is InChI=1S/C12H12F3N3O/c1-2-9(17)11(19)18-10-4-3-7(6-16)5-8(10)12(13,14)15/h3-5,9H,2,17H2,1H3,(H,18,19). The van der Waals surface area contributed by atoms with Crippen molar-refractivity contribution >= 4 is 11.6 Å². The fourth-order valence-electron chi connectivity index (χ4n) is 1.37. The molecule has 4 nitrogen and oxygen atoms in total. The quantitative estimate of drug-likeness (QED) is 0.885. The minimum absolute atomic E-state index is 0.134. The van der Waals surface area contributed by atoms with Crippen LogP contribution in [-0.2, 0) is 11.0 Å². The van der Waals surface area contributed by atoms with Crippen molar-refractivity contribution in [3.8, 4) is 6.07 Å². The summed E-state index contributed by atoms with van der Waals surface area (Å²) < 4.78 is 38.4. The SMILES string of the molecule is CCC(N)C(=O)Nc1ccc(C#N)cc1C(F)(F)F. The lowest BCUT2D eigenvalue weighted by Crippen LogP contribution is -2.35. The summed E-state index contributed by atoms with van der Waals surface area (Å²) in [5.41, 5.74) is 3.83. The third-order valence-corrected chi connectivity index (χ3v) is 2.49. The first-order chi connectivity index (χ1) is 8.79. The Morgan fingerprint density at radius 1 is 1.53 bits per heavy atom. The molecule has 1 amide bonds. The molecule has 1 aromatic rings. The van der Waals surface area contributed by atoms with Crippen LogP contribution >= 0.6 is 0 Å². The second kappa shape index (κ2) is 5.71. The summed E-state index contributed by atoms with van der Waals surface area (Å²) in [6.07, 6.45) is -4.35. The number of anilines is 1. The van der Waals surface area contributed by atoms with E-state index in [1.165, 1.54) is 6.07 Å². The lowest BCUT2D eigenvalue weighted by Gasteiger charge is -2.15. The van der Waals surface area contributed by atoms with Gasteiger partial charge in [0.05, 0.1) is 28.9 Å². The molecular formula is C12H12F3N3O. The van der Waals surface area contributed by atoms with Crippen LogP contribution in [0.15, 0.2) is 18.2 Å². The molecule has 19 heavy (non-hydrogen) atoms. The summed E-state index contributed by atoms with van der Waals surface area (Å²) in [6, 6.07) is 3.67. The van der Waals surface area contributed by atoms with Gasteiger partial charge in [0.15, 0.2) is 0 Å². The van der Waals surface area contributed by atoms with Gasteiger partial charge in [-0.25, -0.2) is 0 Å². The molecule has 0 aliphatic rings. The molecule has 3 N–H and O–H groups in total. The van der Waals surface area contributed by atoms with E-state index in [9.17, 15) is 18.0 Å². The number of carbonyl (C=O) groups excluding carboxylic acids is 1. The van der Waals surface area contributed by atoms with Crippen molar-refractivity contribution in [3.63, 3.8) is 0 Å². The zero-order valence-electron chi connectivity index (χ0n) is 10.1. The Hall–Kier alpha value is -2.07. The number of hydrogen-bond acceptors (Lipinski definition) is 3. The van der Waals surface area contributed by atoms with Gasteiger partial charge in [0, 0.05) is 0 Å². The van der Waals surface area contributed by atoms with E-state index in [4.69, 9.17) is 11.0 Å². The molecule has 1 rings (SSSR count). The Balaban J connectivity index is 3.14. The maximum absolute atomic E-state index is 12.8. The molecule has 1 aromatic carbocycles. The Bertz CT molecular complexity index is 520. The van der Waals surface area contributed by atoms with E-state index in [0.29, 0.717) is 12.5 Å². The molecule has 0 aliphatic heterocycles. The molecule has 7 heteroatoms. The fraction of sp³-hybridized carbons (Fsp3) is 0.333. The van der Waals surface area contributed by atoms with E-state index in [-0.39, 0.29) is 5.56 Å². The van der Waals surface area contributed by atoms with Crippen molar-refractivity contribution in [1.29, 1.82) is 5.26 Å². The van der Waals surface area contributed by atoms with Gasteiger partial charge >= 0.3 is 6.18 Å². The first-order valence-electron chi connectivity index (χ1n) is 5.47. The summed E-state index contributed by atoms with van der Waals surface area (Å²) in [6.45, 7) is 1.65. The highest BCUT2D eigenvalue weighted by molar-refractivity contribution is 5.95. The topological polar surface area (TPSA) is 78.9 Å². The monoisotopic (exact) mass is 271 g/mol. The number of nitrogens with one attached hydrogen (secondary N) is 1. The molecule has 0 aliphatic carbocycles. The summed E-state index contributed by atoms with van der Waals surface area (Å²) in [4.78, 5) is 11.5. The van der Waals surface area contributed by atoms with Gasteiger partial charge in [-0.15, -0.1) is 0 Å². The third kappa shape index (κ3) is 3.69. The van der Waals surface area contributed by atoms with E-state index >= 15 is 0 Å². The van der Waals surface area contributed by atoms with E-state index < -0.39 is 29.4 Å². The number of nitrogens with zero attached hydrogens (tertiary/aromatic N) is 1. The number of halogens is 3. The van der Waals surface area contributed by atoms with Crippen molar-refractivity contribution in [3.05, 3.63) is 29.3 Å². The Morgan fingerprint density at radius 2 is 2.16 bits per heavy atom. The average molecular weight is 271 g/mol. The van der Waals surface area contributed by atoms with E-state index in [2.05, 4.69) is 5.32 Å². The first kappa shape index (κ1) is 15.0. The molecule has 0 bridgehead atoms. The smallest absolute Gasteiger partial charge is 0.324 e. The molecular weight excluding hydrogens is 259 g/mol. The summed E-state index contributed by atoms with van der Waals surface area (Å²) >= 11 is 0. The summed E-state index contributed by atoms with van der Waals surface area (Å²) in [5, 5.41) is 10.7. The van der Waals surface area contributed by atoms with Crippen LogP contribution in [-0.4, -0.2) is 11.9 Å². The highest BCUT2D eigenvalue weighted by atomic mass is 19.4. The van der Waals surface area contributed by atoms with E-state index in [1.807, 2.05) is 0 Å². The number of hydrogen-bond donors (Lipinski definition) is 2. The second-order valence-corrected chi connectivity index (χ2v) is 3.87. The van der Waals surface area contributed by atoms with Crippen LogP contribution in [0.3, 0.4) is 0 Å². The molecule has 102 valence electrons. The van der Waals surface area contributed by atoms with Crippen molar-refractivity contribution in [1.82, 2.24) is 0 Å². The minimum atomic E-state index is -4.66. The van der Waals surface area contributed by atoms with Gasteiger partial charge in [-0.2, -0.15) is 18.4 Å². The zero-order chi connectivity index (χ0) is 14.6. The second-order valence-electron chi connectivity index (χ2n) is 3.87. The van der Waals surface area contributed by atoms with Crippen LogP contribution < -0.4 is 11.1 Å². The summed E-state index contributed by atoms with van der Waals surface area (Å²) in [5.74, 6) is -0.697. The van der Waals surface area contributed by atoms with Crippen LogP contribution in [0.4, 0.5) is 18.9 Å². The minimum Gasteiger partial charge on any atom is -0.324 e. The first-order valence-corrected chi connectivity index (χ1v) is 5.47. The number of benzene rings is 1. The number of amides is 1. The lowest BCUT2D eigenvalue weighted by molar-refractivity contribution is -0.137. The van der Waals surface area contributed by atoms with Crippen LogP contribution in [0.5, 0.6) is 0 Å². The Morgan fingerprint density at radius 3 is 2.63 bits per heavy atom. The van der Waals surface area contributed by atoms with Gasteiger partial charge in [0.1, 0.15) is 0 Å². The van der Waals surface area contributed by atoms with E-state index in [0.717, 1.165) is 6.07 Å². The molecule has 0 saturated carbocycles. The molecule has 1 unspecified atom stereocenters.